The number of nitrogen functional groups attached to an aromatic ring is 1. The number of pyridine rings is 1. The van der Waals surface area contributed by atoms with Crippen LogP contribution in [-0.4, -0.2) is 16.9 Å². The molecule has 5 heteroatoms. The minimum absolute atomic E-state index is 0.281. The Labute approximate surface area is 124 Å². The number of benzene rings is 1. The quantitative estimate of drug-likeness (QED) is 0.656. The summed E-state index contributed by atoms with van der Waals surface area (Å²) in [6, 6.07) is 12.0. The molecule has 2 aromatic rings. The second-order valence-electron chi connectivity index (χ2n) is 4.82. The van der Waals surface area contributed by atoms with E-state index >= 15 is 0 Å². The Morgan fingerprint density at radius 2 is 2.00 bits per heavy atom. The summed E-state index contributed by atoms with van der Waals surface area (Å²) in [5.74, 6) is 5.41. The first-order valence-electron chi connectivity index (χ1n) is 6.47. The van der Waals surface area contributed by atoms with Crippen LogP contribution in [0.25, 0.3) is 0 Å². The highest BCUT2D eigenvalue weighted by Gasteiger charge is 2.12. The summed E-state index contributed by atoms with van der Waals surface area (Å²) in [4.78, 5) is 6.59. The van der Waals surface area contributed by atoms with Crippen molar-refractivity contribution in [2.75, 3.05) is 12.5 Å². The molecule has 0 saturated carbocycles. The summed E-state index contributed by atoms with van der Waals surface area (Å²) in [7, 11) is 2.07. The first kappa shape index (κ1) is 14.8. The van der Waals surface area contributed by atoms with Crippen LogP contribution in [0, 0.1) is 0 Å². The van der Waals surface area contributed by atoms with Gasteiger partial charge in [0.2, 0.25) is 0 Å². The highest BCUT2D eigenvalue weighted by Crippen LogP contribution is 2.22. The Kier molecular flexibility index (Phi) is 4.95. The molecular formula is C15H19ClN4. The standard InChI is InChI=1S/C15H19ClN4/c1-11(12-3-5-13(16)6-4-12)20(2)10-15-9-14(19-17)7-8-18-15/h3-9,11H,10,17H2,1-2H3,(H,18,19). The molecule has 0 spiro atoms. The van der Waals surface area contributed by atoms with Gasteiger partial charge < -0.3 is 5.43 Å². The molecule has 1 aromatic carbocycles. The highest BCUT2D eigenvalue weighted by atomic mass is 35.5. The third-order valence-electron chi connectivity index (χ3n) is 3.41. The maximum atomic E-state index is 5.92. The third kappa shape index (κ3) is 3.70. The third-order valence-corrected chi connectivity index (χ3v) is 3.66. The van der Waals surface area contributed by atoms with Crippen molar-refractivity contribution in [3.8, 4) is 0 Å². The van der Waals surface area contributed by atoms with E-state index in [1.54, 1.807) is 6.20 Å². The van der Waals surface area contributed by atoms with Crippen LogP contribution in [0.1, 0.15) is 24.2 Å². The van der Waals surface area contributed by atoms with Crippen LogP contribution in [0.4, 0.5) is 5.69 Å². The van der Waals surface area contributed by atoms with Crippen LogP contribution in [0.2, 0.25) is 5.02 Å². The second-order valence-corrected chi connectivity index (χ2v) is 5.26. The molecule has 0 aliphatic heterocycles. The fourth-order valence-corrected chi connectivity index (χ4v) is 2.17. The SMILES string of the molecule is CC(c1ccc(Cl)cc1)N(C)Cc1cc(NN)ccn1. The minimum Gasteiger partial charge on any atom is -0.324 e. The Hall–Kier alpha value is -1.62. The van der Waals surface area contributed by atoms with Gasteiger partial charge in [-0.05, 0) is 43.8 Å². The maximum absolute atomic E-state index is 5.92. The lowest BCUT2D eigenvalue weighted by Gasteiger charge is -2.25. The van der Waals surface area contributed by atoms with Crippen molar-refractivity contribution in [1.82, 2.24) is 9.88 Å². The number of nitrogens with one attached hydrogen (secondary N) is 1. The van der Waals surface area contributed by atoms with E-state index in [1.807, 2.05) is 24.3 Å². The van der Waals surface area contributed by atoms with Crippen LogP contribution in [0.15, 0.2) is 42.6 Å². The molecule has 20 heavy (non-hydrogen) atoms. The summed E-state index contributed by atoms with van der Waals surface area (Å²) in [5.41, 5.74) is 5.70. The van der Waals surface area contributed by atoms with E-state index < -0.39 is 0 Å². The van der Waals surface area contributed by atoms with E-state index in [-0.39, 0.29) is 6.04 Å². The molecular weight excluding hydrogens is 272 g/mol. The van der Waals surface area contributed by atoms with E-state index in [2.05, 4.69) is 41.4 Å². The number of nitrogens with zero attached hydrogens (tertiary/aromatic N) is 2. The largest absolute Gasteiger partial charge is 0.324 e. The molecule has 1 atom stereocenters. The molecule has 0 aliphatic rings. The molecule has 1 unspecified atom stereocenters. The average molecular weight is 291 g/mol. The van der Waals surface area contributed by atoms with Crippen LogP contribution in [-0.2, 0) is 6.54 Å². The molecule has 106 valence electrons. The first-order valence-corrected chi connectivity index (χ1v) is 6.85. The van der Waals surface area contributed by atoms with Crippen LogP contribution < -0.4 is 11.3 Å². The zero-order valence-corrected chi connectivity index (χ0v) is 12.4. The van der Waals surface area contributed by atoms with E-state index in [4.69, 9.17) is 17.4 Å². The first-order chi connectivity index (χ1) is 9.60. The molecule has 0 radical (unpaired) electrons. The predicted molar refractivity (Wildman–Crippen MR) is 83.4 cm³/mol. The van der Waals surface area contributed by atoms with Gasteiger partial charge in [0.15, 0.2) is 0 Å². The van der Waals surface area contributed by atoms with Crippen LogP contribution >= 0.6 is 11.6 Å². The van der Waals surface area contributed by atoms with Crippen molar-refractivity contribution in [1.29, 1.82) is 0 Å². The van der Waals surface area contributed by atoms with Crippen molar-refractivity contribution >= 4 is 17.3 Å². The van der Waals surface area contributed by atoms with Gasteiger partial charge in [-0.1, -0.05) is 23.7 Å². The number of hydrogen-bond acceptors (Lipinski definition) is 4. The van der Waals surface area contributed by atoms with E-state index in [0.717, 1.165) is 22.9 Å². The van der Waals surface area contributed by atoms with E-state index in [0.29, 0.717) is 0 Å². The Balaban J connectivity index is 2.06. The van der Waals surface area contributed by atoms with Crippen LogP contribution in [0.3, 0.4) is 0 Å². The molecule has 3 N–H and O–H groups in total. The van der Waals surface area contributed by atoms with Gasteiger partial charge in [-0.2, -0.15) is 0 Å². The molecule has 0 amide bonds. The summed E-state index contributed by atoms with van der Waals surface area (Å²) in [6.07, 6.45) is 1.76. The van der Waals surface area contributed by atoms with Gasteiger partial charge in [0.25, 0.3) is 0 Å². The van der Waals surface area contributed by atoms with Crippen molar-refractivity contribution in [2.24, 2.45) is 5.84 Å². The monoisotopic (exact) mass is 290 g/mol. The van der Waals surface area contributed by atoms with Crippen LogP contribution in [0.5, 0.6) is 0 Å². The zero-order valence-electron chi connectivity index (χ0n) is 11.7. The van der Waals surface area contributed by atoms with Gasteiger partial charge in [0.1, 0.15) is 0 Å². The molecule has 1 heterocycles. The average Bonchev–Trinajstić information content (AvgIpc) is 2.47. The summed E-state index contributed by atoms with van der Waals surface area (Å²) in [6.45, 7) is 2.91. The van der Waals surface area contributed by atoms with Crippen molar-refractivity contribution in [3.63, 3.8) is 0 Å². The minimum atomic E-state index is 0.281. The number of hydrogen-bond donors (Lipinski definition) is 2. The predicted octanol–water partition coefficient (Wildman–Crippen LogP) is 3.21. The summed E-state index contributed by atoms with van der Waals surface area (Å²) in [5, 5.41) is 0.756. The van der Waals surface area contributed by atoms with Gasteiger partial charge >= 0.3 is 0 Å². The van der Waals surface area contributed by atoms with Crippen molar-refractivity contribution in [3.05, 3.63) is 58.9 Å². The maximum Gasteiger partial charge on any atom is 0.0565 e. The second kappa shape index (κ2) is 6.70. The smallest absolute Gasteiger partial charge is 0.0565 e. The molecule has 0 fully saturated rings. The number of nitrogens with two attached hydrogens (primary N) is 1. The van der Waals surface area contributed by atoms with Gasteiger partial charge in [-0.15, -0.1) is 0 Å². The normalized spacial score (nSPS) is 12.4. The van der Waals surface area contributed by atoms with E-state index in [9.17, 15) is 0 Å². The van der Waals surface area contributed by atoms with Gasteiger partial charge in [-0.3, -0.25) is 15.7 Å². The van der Waals surface area contributed by atoms with Crippen molar-refractivity contribution in [2.45, 2.75) is 19.5 Å². The number of anilines is 1. The van der Waals surface area contributed by atoms with E-state index in [1.165, 1.54) is 5.56 Å². The highest BCUT2D eigenvalue weighted by molar-refractivity contribution is 6.30. The van der Waals surface area contributed by atoms with Gasteiger partial charge in [-0.25, -0.2) is 0 Å². The topological polar surface area (TPSA) is 54.2 Å². The lowest BCUT2D eigenvalue weighted by molar-refractivity contribution is 0.250. The molecule has 0 bridgehead atoms. The number of halogens is 1. The zero-order chi connectivity index (χ0) is 14.5. The molecule has 1 aromatic heterocycles. The fraction of sp³-hybridized carbons (Fsp3) is 0.267. The number of rotatable bonds is 5. The number of aromatic nitrogens is 1. The Morgan fingerprint density at radius 3 is 2.65 bits per heavy atom. The Bertz CT molecular complexity index is 556. The number of hydrazine groups is 1. The Morgan fingerprint density at radius 1 is 1.30 bits per heavy atom. The molecule has 2 rings (SSSR count). The molecule has 4 nitrogen and oxygen atoms in total. The lowest BCUT2D eigenvalue weighted by Crippen LogP contribution is -2.22. The van der Waals surface area contributed by atoms with Crippen molar-refractivity contribution < 1.29 is 0 Å². The summed E-state index contributed by atoms with van der Waals surface area (Å²) < 4.78 is 0. The summed E-state index contributed by atoms with van der Waals surface area (Å²) >= 11 is 5.92. The molecule has 0 saturated heterocycles. The molecule has 0 aliphatic carbocycles. The lowest BCUT2D eigenvalue weighted by atomic mass is 10.1. The van der Waals surface area contributed by atoms with Gasteiger partial charge in [0.05, 0.1) is 11.4 Å². The van der Waals surface area contributed by atoms with Gasteiger partial charge in [0, 0.05) is 23.8 Å². The fourth-order valence-electron chi connectivity index (χ4n) is 2.04.